The fraction of sp³-hybridized carbons (Fsp3) is 0.294. The molecule has 0 radical (unpaired) electrons. The molecular formula is C17H21ClN2. The van der Waals surface area contributed by atoms with E-state index in [1.165, 1.54) is 16.8 Å². The van der Waals surface area contributed by atoms with E-state index in [1.807, 2.05) is 18.2 Å². The molecule has 0 bridgehead atoms. The second kappa shape index (κ2) is 7.32. The summed E-state index contributed by atoms with van der Waals surface area (Å²) < 4.78 is 0. The molecule has 0 aliphatic heterocycles. The van der Waals surface area contributed by atoms with Crippen LogP contribution in [0.4, 0.5) is 5.69 Å². The Morgan fingerprint density at radius 1 is 1.10 bits per heavy atom. The first-order valence-electron chi connectivity index (χ1n) is 7.02. The maximum absolute atomic E-state index is 6.16. The fourth-order valence-corrected chi connectivity index (χ4v) is 2.54. The van der Waals surface area contributed by atoms with Gasteiger partial charge in [-0.2, -0.15) is 0 Å². The van der Waals surface area contributed by atoms with Crippen molar-refractivity contribution in [2.75, 3.05) is 18.0 Å². The molecule has 0 unspecified atom stereocenters. The van der Waals surface area contributed by atoms with Crippen molar-refractivity contribution in [1.29, 1.82) is 0 Å². The SMILES string of the molecule is CCN(Cc1ccccc1)c1cc(Cl)ccc1CCN. The monoisotopic (exact) mass is 288 g/mol. The Morgan fingerprint density at radius 3 is 2.50 bits per heavy atom. The second-order valence-corrected chi connectivity index (χ2v) is 5.25. The first kappa shape index (κ1) is 14.9. The van der Waals surface area contributed by atoms with Crippen LogP contribution in [0.1, 0.15) is 18.1 Å². The lowest BCUT2D eigenvalue weighted by Crippen LogP contribution is -2.23. The van der Waals surface area contributed by atoms with Crippen molar-refractivity contribution in [2.24, 2.45) is 5.73 Å². The van der Waals surface area contributed by atoms with E-state index in [9.17, 15) is 0 Å². The van der Waals surface area contributed by atoms with Gasteiger partial charge in [-0.25, -0.2) is 0 Å². The summed E-state index contributed by atoms with van der Waals surface area (Å²) in [6.07, 6.45) is 0.873. The number of anilines is 1. The quantitative estimate of drug-likeness (QED) is 0.874. The molecule has 0 spiro atoms. The lowest BCUT2D eigenvalue weighted by atomic mass is 10.1. The van der Waals surface area contributed by atoms with Gasteiger partial charge in [0.25, 0.3) is 0 Å². The first-order chi connectivity index (χ1) is 9.74. The Morgan fingerprint density at radius 2 is 1.85 bits per heavy atom. The number of hydrogen-bond acceptors (Lipinski definition) is 2. The third kappa shape index (κ3) is 3.75. The zero-order valence-corrected chi connectivity index (χ0v) is 12.6. The van der Waals surface area contributed by atoms with Crippen molar-refractivity contribution >= 4 is 17.3 Å². The Labute approximate surface area is 126 Å². The minimum Gasteiger partial charge on any atom is -0.367 e. The normalized spacial score (nSPS) is 10.6. The summed E-state index contributed by atoms with van der Waals surface area (Å²) in [4.78, 5) is 2.34. The van der Waals surface area contributed by atoms with Crippen LogP contribution in [0.5, 0.6) is 0 Å². The zero-order chi connectivity index (χ0) is 14.4. The van der Waals surface area contributed by atoms with Crippen molar-refractivity contribution < 1.29 is 0 Å². The van der Waals surface area contributed by atoms with Gasteiger partial charge in [-0.05, 0) is 43.1 Å². The summed E-state index contributed by atoms with van der Waals surface area (Å²) in [5.41, 5.74) is 9.46. The predicted octanol–water partition coefficient (Wildman–Crippen LogP) is 3.87. The van der Waals surface area contributed by atoms with E-state index in [-0.39, 0.29) is 0 Å². The lowest BCUT2D eigenvalue weighted by molar-refractivity contribution is 0.818. The minimum atomic E-state index is 0.650. The van der Waals surface area contributed by atoms with Gasteiger partial charge in [0, 0.05) is 23.8 Å². The van der Waals surface area contributed by atoms with Crippen LogP contribution in [-0.4, -0.2) is 13.1 Å². The largest absolute Gasteiger partial charge is 0.367 e. The molecule has 3 heteroatoms. The number of nitrogens with zero attached hydrogens (tertiary/aromatic N) is 1. The van der Waals surface area contributed by atoms with Crippen molar-refractivity contribution in [1.82, 2.24) is 0 Å². The smallest absolute Gasteiger partial charge is 0.0429 e. The van der Waals surface area contributed by atoms with Gasteiger partial charge in [-0.3, -0.25) is 0 Å². The topological polar surface area (TPSA) is 29.3 Å². The molecule has 2 N–H and O–H groups in total. The molecule has 0 heterocycles. The van der Waals surface area contributed by atoms with E-state index in [0.29, 0.717) is 6.54 Å². The maximum atomic E-state index is 6.16. The number of rotatable bonds is 6. The van der Waals surface area contributed by atoms with Gasteiger partial charge in [0.1, 0.15) is 0 Å². The van der Waals surface area contributed by atoms with Gasteiger partial charge in [0.2, 0.25) is 0 Å². The lowest BCUT2D eigenvalue weighted by Gasteiger charge is -2.26. The Hall–Kier alpha value is -1.51. The number of halogens is 1. The highest BCUT2D eigenvalue weighted by Crippen LogP contribution is 2.26. The molecule has 2 nitrogen and oxygen atoms in total. The molecule has 0 amide bonds. The molecule has 106 valence electrons. The highest BCUT2D eigenvalue weighted by molar-refractivity contribution is 6.30. The summed E-state index contributed by atoms with van der Waals surface area (Å²) in [5.74, 6) is 0. The summed E-state index contributed by atoms with van der Waals surface area (Å²) in [6, 6.07) is 16.5. The van der Waals surface area contributed by atoms with E-state index >= 15 is 0 Å². The Bertz CT molecular complexity index is 540. The number of nitrogens with two attached hydrogens (primary N) is 1. The van der Waals surface area contributed by atoms with Gasteiger partial charge >= 0.3 is 0 Å². The number of benzene rings is 2. The van der Waals surface area contributed by atoms with Crippen molar-refractivity contribution in [3.8, 4) is 0 Å². The molecule has 0 fully saturated rings. The van der Waals surface area contributed by atoms with Crippen LogP contribution in [0.2, 0.25) is 5.02 Å². The highest BCUT2D eigenvalue weighted by Gasteiger charge is 2.10. The number of hydrogen-bond donors (Lipinski definition) is 1. The molecule has 2 rings (SSSR count). The minimum absolute atomic E-state index is 0.650. The van der Waals surface area contributed by atoms with Crippen LogP contribution in [0.15, 0.2) is 48.5 Å². The van der Waals surface area contributed by atoms with Crippen LogP contribution in [0.25, 0.3) is 0 Å². The summed E-state index contributed by atoms with van der Waals surface area (Å²) in [7, 11) is 0. The first-order valence-corrected chi connectivity index (χ1v) is 7.39. The van der Waals surface area contributed by atoms with E-state index in [2.05, 4.69) is 42.2 Å². The van der Waals surface area contributed by atoms with Gasteiger partial charge in [-0.1, -0.05) is 48.0 Å². The molecule has 0 aliphatic carbocycles. The van der Waals surface area contributed by atoms with Gasteiger partial charge in [-0.15, -0.1) is 0 Å². The molecule has 0 aliphatic rings. The van der Waals surface area contributed by atoms with Gasteiger partial charge in [0.05, 0.1) is 0 Å². The molecule has 2 aromatic carbocycles. The summed E-state index contributed by atoms with van der Waals surface area (Å²) in [5, 5.41) is 0.771. The van der Waals surface area contributed by atoms with E-state index in [0.717, 1.165) is 24.5 Å². The Kier molecular flexibility index (Phi) is 5.45. The van der Waals surface area contributed by atoms with Crippen molar-refractivity contribution in [3.05, 3.63) is 64.7 Å². The molecule has 0 saturated carbocycles. The zero-order valence-electron chi connectivity index (χ0n) is 11.8. The van der Waals surface area contributed by atoms with Crippen LogP contribution >= 0.6 is 11.6 Å². The van der Waals surface area contributed by atoms with Gasteiger partial charge in [0.15, 0.2) is 0 Å². The van der Waals surface area contributed by atoms with Crippen LogP contribution in [0, 0.1) is 0 Å². The summed E-state index contributed by atoms with van der Waals surface area (Å²) >= 11 is 6.16. The van der Waals surface area contributed by atoms with E-state index < -0.39 is 0 Å². The standard InChI is InChI=1S/C17H21ClN2/c1-2-20(13-14-6-4-3-5-7-14)17-12-16(18)9-8-15(17)10-11-19/h3-9,12H,2,10-11,13,19H2,1H3. The molecule has 0 aromatic heterocycles. The Balaban J connectivity index is 2.28. The third-order valence-corrected chi connectivity index (χ3v) is 3.63. The average molecular weight is 289 g/mol. The van der Waals surface area contributed by atoms with Crippen LogP contribution < -0.4 is 10.6 Å². The van der Waals surface area contributed by atoms with E-state index in [1.54, 1.807) is 0 Å². The predicted molar refractivity (Wildman–Crippen MR) is 87.4 cm³/mol. The molecule has 0 atom stereocenters. The van der Waals surface area contributed by atoms with Crippen LogP contribution in [-0.2, 0) is 13.0 Å². The van der Waals surface area contributed by atoms with Crippen LogP contribution in [0.3, 0.4) is 0 Å². The molecule has 20 heavy (non-hydrogen) atoms. The molecule has 0 saturated heterocycles. The average Bonchev–Trinajstić information content (AvgIpc) is 2.48. The molecule has 2 aromatic rings. The van der Waals surface area contributed by atoms with Crippen molar-refractivity contribution in [3.63, 3.8) is 0 Å². The highest BCUT2D eigenvalue weighted by atomic mass is 35.5. The van der Waals surface area contributed by atoms with Crippen molar-refractivity contribution in [2.45, 2.75) is 19.9 Å². The maximum Gasteiger partial charge on any atom is 0.0429 e. The van der Waals surface area contributed by atoms with E-state index in [4.69, 9.17) is 17.3 Å². The third-order valence-electron chi connectivity index (χ3n) is 3.40. The second-order valence-electron chi connectivity index (χ2n) is 4.81. The molecular weight excluding hydrogens is 268 g/mol. The summed E-state index contributed by atoms with van der Waals surface area (Å²) in [6.45, 7) is 4.63. The van der Waals surface area contributed by atoms with Gasteiger partial charge < -0.3 is 10.6 Å². The fourth-order valence-electron chi connectivity index (χ4n) is 2.37.